The molecule has 1 heterocycles. The van der Waals surface area contributed by atoms with Gasteiger partial charge in [0.2, 0.25) is 0 Å². The van der Waals surface area contributed by atoms with Gasteiger partial charge in [-0.3, -0.25) is 15.6 Å². The van der Waals surface area contributed by atoms with E-state index in [0.717, 1.165) is 5.56 Å². The van der Waals surface area contributed by atoms with Crippen molar-refractivity contribution < 1.29 is 4.79 Å². The fourth-order valence-electron chi connectivity index (χ4n) is 2.11. The molecule has 0 aliphatic rings. The first-order valence-corrected chi connectivity index (χ1v) is 6.89. The average molecular weight is 284 g/mol. The summed E-state index contributed by atoms with van der Waals surface area (Å²) in [6.45, 7) is 4.54. The summed E-state index contributed by atoms with van der Waals surface area (Å²) >= 11 is 0. The molecule has 5 heteroatoms. The maximum atomic E-state index is 12.8. The number of carbonyl (C=O) groups excluding carboxylic acids is 1. The van der Waals surface area contributed by atoms with Crippen LogP contribution in [0.2, 0.25) is 0 Å². The monoisotopic (exact) mass is 284 g/mol. The van der Waals surface area contributed by atoms with E-state index >= 15 is 0 Å². The fourth-order valence-corrected chi connectivity index (χ4v) is 2.11. The molecule has 1 amide bonds. The Morgan fingerprint density at radius 1 is 1.29 bits per heavy atom. The van der Waals surface area contributed by atoms with Crippen LogP contribution >= 0.6 is 0 Å². The van der Waals surface area contributed by atoms with Crippen LogP contribution in [0.15, 0.2) is 48.8 Å². The van der Waals surface area contributed by atoms with E-state index in [4.69, 9.17) is 5.84 Å². The second kappa shape index (κ2) is 6.85. The van der Waals surface area contributed by atoms with Gasteiger partial charge in [-0.05, 0) is 25.5 Å². The quantitative estimate of drug-likeness (QED) is 0.653. The predicted octanol–water partition coefficient (Wildman–Crippen LogP) is 2.42. The molecule has 2 rings (SSSR count). The summed E-state index contributed by atoms with van der Waals surface area (Å²) in [5.74, 6) is 5.38. The maximum absolute atomic E-state index is 12.8. The topological polar surface area (TPSA) is 71.2 Å². The van der Waals surface area contributed by atoms with Gasteiger partial charge in [-0.25, -0.2) is 0 Å². The van der Waals surface area contributed by atoms with E-state index in [1.165, 1.54) is 6.20 Å². The lowest BCUT2D eigenvalue weighted by molar-refractivity contribution is 0.0691. The standard InChI is InChI=1S/C16H20N4O/c1-12(2)20(11-13-6-4-3-5-7-13)16(21)14-10-18-9-8-15(14)19-17/h3-10,12H,11,17H2,1-2H3,(H,18,19). The SMILES string of the molecule is CC(C)N(Cc1ccccc1)C(=O)c1cnccc1NN. The Balaban J connectivity index is 2.28. The third kappa shape index (κ3) is 3.58. The van der Waals surface area contributed by atoms with Crippen LogP contribution in [-0.2, 0) is 6.54 Å². The normalized spacial score (nSPS) is 10.5. The van der Waals surface area contributed by atoms with Gasteiger partial charge in [-0.1, -0.05) is 30.3 Å². The number of nitrogens with two attached hydrogens (primary N) is 1. The first-order valence-electron chi connectivity index (χ1n) is 6.89. The molecule has 1 aromatic heterocycles. The second-order valence-corrected chi connectivity index (χ2v) is 5.08. The Labute approximate surface area is 124 Å². The van der Waals surface area contributed by atoms with Crippen molar-refractivity contribution >= 4 is 11.6 Å². The molecule has 0 bridgehead atoms. The van der Waals surface area contributed by atoms with Gasteiger partial charge in [-0.15, -0.1) is 0 Å². The Morgan fingerprint density at radius 2 is 2.00 bits per heavy atom. The number of nitrogens with zero attached hydrogens (tertiary/aromatic N) is 2. The summed E-state index contributed by atoms with van der Waals surface area (Å²) in [6.07, 6.45) is 3.14. The lowest BCUT2D eigenvalue weighted by atomic mass is 10.1. The Hall–Kier alpha value is -2.40. The molecule has 110 valence electrons. The lowest BCUT2D eigenvalue weighted by Crippen LogP contribution is -2.37. The van der Waals surface area contributed by atoms with Gasteiger partial charge in [0.15, 0.2) is 0 Å². The van der Waals surface area contributed by atoms with Gasteiger partial charge < -0.3 is 10.3 Å². The summed E-state index contributed by atoms with van der Waals surface area (Å²) in [6, 6.07) is 11.7. The fraction of sp³-hybridized carbons (Fsp3) is 0.250. The zero-order valence-corrected chi connectivity index (χ0v) is 12.3. The molecule has 0 saturated carbocycles. The third-order valence-electron chi connectivity index (χ3n) is 3.29. The minimum atomic E-state index is -0.0881. The smallest absolute Gasteiger partial charge is 0.258 e. The van der Waals surface area contributed by atoms with E-state index in [1.807, 2.05) is 44.2 Å². The second-order valence-electron chi connectivity index (χ2n) is 5.08. The van der Waals surface area contributed by atoms with Crippen LogP contribution in [0.5, 0.6) is 0 Å². The summed E-state index contributed by atoms with van der Waals surface area (Å²) in [5.41, 5.74) is 4.69. The summed E-state index contributed by atoms with van der Waals surface area (Å²) in [7, 11) is 0. The molecule has 3 N–H and O–H groups in total. The molecule has 0 saturated heterocycles. The highest BCUT2D eigenvalue weighted by Crippen LogP contribution is 2.18. The number of hydrogen-bond donors (Lipinski definition) is 2. The van der Waals surface area contributed by atoms with Gasteiger partial charge in [0, 0.05) is 25.0 Å². The van der Waals surface area contributed by atoms with Crippen molar-refractivity contribution in [2.45, 2.75) is 26.4 Å². The Kier molecular flexibility index (Phi) is 4.90. The molecule has 0 aliphatic heterocycles. The highest BCUT2D eigenvalue weighted by molar-refractivity contribution is 5.99. The van der Waals surface area contributed by atoms with Crippen molar-refractivity contribution in [2.24, 2.45) is 5.84 Å². The van der Waals surface area contributed by atoms with Crippen LogP contribution in [0, 0.1) is 0 Å². The van der Waals surface area contributed by atoms with E-state index in [0.29, 0.717) is 17.8 Å². The number of amides is 1. The first kappa shape index (κ1) is 15.0. The van der Waals surface area contributed by atoms with E-state index in [1.54, 1.807) is 17.2 Å². The maximum Gasteiger partial charge on any atom is 0.258 e. The molecule has 0 aliphatic carbocycles. The molecule has 0 fully saturated rings. The molecule has 0 spiro atoms. The minimum Gasteiger partial charge on any atom is -0.332 e. The molecular weight excluding hydrogens is 264 g/mol. The highest BCUT2D eigenvalue weighted by Gasteiger charge is 2.21. The summed E-state index contributed by atoms with van der Waals surface area (Å²) < 4.78 is 0. The molecule has 0 radical (unpaired) electrons. The van der Waals surface area contributed by atoms with Crippen molar-refractivity contribution in [3.8, 4) is 0 Å². The van der Waals surface area contributed by atoms with Crippen molar-refractivity contribution in [1.29, 1.82) is 0 Å². The average Bonchev–Trinajstić information content (AvgIpc) is 2.52. The number of hydrazine groups is 1. The molecule has 5 nitrogen and oxygen atoms in total. The summed E-state index contributed by atoms with van der Waals surface area (Å²) in [4.78, 5) is 18.6. The van der Waals surface area contributed by atoms with Gasteiger partial charge in [0.05, 0.1) is 11.3 Å². The number of anilines is 1. The highest BCUT2D eigenvalue weighted by atomic mass is 16.2. The molecule has 0 atom stereocenters. The number of hydrogen-bond acceptors (Lipinski definition) is 4. The largest absolute Gasteiger partial charge is 0.332 e. The van der Waals surface area contributed by atoms with Crippen molar-refractivity contribution in [2.75, 3.05) is 5.43 Å². The Morgan fingerprint density at radius 3 is 2.62 bits per heavy atom. The summed E-state index contributed by atoms with van der Waals surface area (Å²) in [5, 5.41) is 0. The van der Waals surface area contributed by atoms with Crippen molar-refractivity contribution in [3.63, 3.8) is 0 Å². The van der Waals surface area contributed by atoms with E-state index in [-0.39, 0.29) is 11.9 Å². The van der Waals surface area contributed by atoms with Gasteiger partial charge in [-0.2, -0.15) is 0 Å². The van der Waals surface area contributed by atoms with Gasteiger partial charge in [0.25, 0.3) is 5.91 Å². The number of aromatic nitrogens is 1. The van der Waals surface area contributed by atoms with Gasteiger partial charge >= 0.3 is 0 Å². The zero-order chi connectivity index (χ0) is 15.2. The molecular formula is C16H20N4O. The van der Waals surface area contributed by atoms with Crippen LogP contribution in [0.1, 0.15) is 29.8 Å². The third-order valence-corrected chi connectivity index (χ3v) is 3.29. The number of benzene rings is 1. The zero-order valence-electron chi connectivity index (χ0n) is 12.3. The van der Waals surface area contributed by atoms with Crippen LogP contribution in [-0.4, -0.2) is 21.8 Å². The minimum absolute atomic E-state index is 0.0727. The van der Waals surface area contributed by atoms with E-state index in [9.17, 15) is 4.79 Å². The lowest BCUT2D eigenvalue weighted by Gasteiger charge is -2.27. The number of nitrogen functional groups attached to an aromatic ring is 1. The van der Waals surface area contributed by atoms with Crippen LogP contribution in [0.4, 0.5) is 5.69 Å². The van der Waals surface area contributed by atoms with Crippen molar-refractivity contribution in [1.82, 2.24) is 9.88 Å². The number of nitrogens with one attached hydrogen (secondary N) is 1. The first-order chi connectivity index (χ1) is 10.1. The van der Waals surface area contributed by atoms with E-state index < -0.39 is 0 Å². The van der Waals surface area contributed by atoms with Gasteiger partial charge in [0.1, 0.15) is 0 Å². The van der Waals surface area contributed by atoms with Crippen LogP contribution in [0.3, 0.4) is 0 Å². The van der Waals surface area contributed by atoms with Crippen LogP contribution in [0.25, 0.3) is 0 Å². The molecule has 1 aromatic carbocycles. The van der Waals surface area contributed by atoms with Crippen molar-refractivity contribution in [3.05, 3.63) is 59.9 Å². The number of carbonyl (C=O) groups is 1. The predicted molar refractivity (Wildman–Crippen MR) is 83.5 cm³/mol. The Bertz CT molecular complexity index is 598. The molecule has 2 aromatic rings. The number of pyridine rings is 1. The van der Waals surface area contributed by atoms with E-state index in [2.05, 4.69) is 10.4 Å². The van der Waals surface area contributed by atoms with Crippen LogP contribution < -0.4 is 11.3 Å². The number of rotatable bonds is 5. The molecule has 21 heavy (non-hydrogen) atoms. The molecule has 0 unspecified atom stereocenters.